The number of amides is 1. The van der Waals surface area contributed by atoms with Crippen LogP contribution in [0.15, 0.2) is 30.3 Å². The van der Waals surface area contributed by atoms with Crippen LogP contribution in [-0.2, 0) is 4.74 Å². The van der Waals surface area contributed by atoms with E-state index in [0.29, 0.717) is 13.0 Å². The van der Waals surface area contributed by atoms with E-state index in [1.54, 1.807) is 4.90 Å². The summed E-state index contributed by atoms with van der Waals surface area (Å²) < 4.78 is 5.12. The Balaban J connectivity index is 2.19. The summed E-state index contributed by atoms with van der Waals surface area (Å²) in [4.78, 5) is 13.7. The molecule has 0 bridgehead atoms. The second-order valence-electron chi connectivity index (χ2n) is 4.56. The van der Waals surface area contributed by atoms with Gasteiger partial charge in [0.2, 0.25) is 0 Å². The molecule has 2 rings (SSSR count). The fourth-order valence-electron chi connectivity index (χ4n) is 2.44. The first-order valence-corrected chi connectivity index (χ1v) is 6.35. The number of carbonyl (C=O) groups excluding carboxylic acids is 1. The Labute approximate surface area is 107 Å². The van der Waals surface area contributed by atoms with Crippen molar-refractivity contribution in [3.05, 3.63) is 35.9 Å². The maximum Gasteiger partial charge on any atom is 0.410 e. The third-order valence-corrected chi connectivity index (χ3v) is 3.44. The van der Waals surface area contributed by atoms with Crippen molar-refractivity contribution in [2.24, 2.45) is 0 Å². The molecule has 1 aliphatic heterocycles. The molecule has 0 spiro atoms. The zero-order valence-electron chi connectivity index (χ0n) is 10.6. The fraction of sp³-hybridized carbons (Fsp3) is 0.500. The molecule has 1 aromatic carbocycles. The van der Waals surface area contributed by atoms with Gasteiger partial charge in [0.05, 0.1) is 12.6 Å². The zero-order valence-corrected chi connectivity index (χ0v) is 10.6. The SMILES string of the molecule is CC(c1ccccc1)N1C(=O)OCCC1CCO. The normalized spacial score (nSPS) is 21.6. The Bertz CT molecular complexity index is 391. The van der Waals surface area contributed by atoms with Crippen LogP contribution >= 0.6 is 0 Å². The first-order chi connectivity index (χ1) is 8.74. The number of ether oxygens (including phenoxy) is 1. The van der Waals surface area contributed by atoms with E-state index in [0.717, 1.165) is 12.0 Å². The molecule has 0 aromatic heterocycles. The van der Waals surface area contributed by atoms with Crippen LogP contribution < -0.4 is 0 Å². The van der Waals surface area contributed by atoms with E-state index >= 15 is 0 Å². The third-order valence-electron chi connectivity index (χ3n) is 3.44. The topological polar surface area (TPSA) is 49.8 Å². The van der Waals surface area contributed by atoms with Crippen LogP contribution in [-0.4, -0.2) is 35.4 Å². The Kier molecular flexibility index (Phi) is 4.20. The van der Waals surface area contributed by atoms with Gasteiger partial charge in [0.25, 0.3) is 0 Å². The number of benzene rings is 1. The number of cyclic esters (lactones) is 1. The molecule has 0 aliphatic carbocycles. The van der Waals surface area contributed by atoms with Crippen molar-refractivity contribution < 1.29 is 14.6 Å². The third kappa shape index (κ3) is 2.64. The minimum atomic E-state index is -0.281. The van der Waals surface area contributed by atoms with E-state index < -0.39 is 0 Å². The molecule has 98 valence electrons. The summed E-state index contributed by atoms with van der Waals surface area (Å²) in [6.07, 6.45) is 1.10. The van der Waals surface area contributed by atoms with E-state index in [1.807, 2.05) is 37.3 Å². The molecule has 1 heterocycles. The maximum atomic E-state index is 11.9. The number of carbonyl (C=O) groups is 1. The van der Waals surface area contributed by atoms with Crippen molar-refractivity contribution in [2.75, 3.05) is 13.2 Å². The average molecular weight is 249 g/mol. The van der Waals surface area contributed by atoms with Crippen molar-refractivity contribution in [3.8, 4) is 0 Å². The predicted molar refractivity (Wildman–Crippen MR) is 68.2 cm³/mol. The second-order valence-corrected chi connectivity index (χ2v) is 4.56. The minimum Gasteiger partial charge on any atom is -0.449 e. The van der Waals surface area contributed by atoms with E-state index in [2.05, 4.69) is 0 Å². The van der Waals surface area contributed by atoms with Gasteiger partial charge in [0.1, 0.15) is 0 Å². The number of hydrogen-bond acceptors (Lipinski definition) is 3. The molecule has 1 aromatic rings. The van der Waals surface area contributed by atoms with Gasteiger partial charge in [0, 0.05) is 19.1 Å². The van der Waals surface area contributed by atoms with Gasteiger partial charge >= 0.3 is 6.09 Å². The Morgan fingerprint density at radius 3 is 2.83 bits per heavy atom. The zero-order chi connectivity index (χ0) is 13.0. The van der Waals surface area contributed by atoms with Gasteiger partial charge in [-0.3, -0.25) is 4.90 Å². The first-order valence-electron chi connectivity index (χ1n) is 6.35. The average Bonchev–Trinajstić information content (AvgIpc) is 2.40. The number of aliphatic hydroxyl groups is 1. The van der Waals surface area contributed by atoms with Crippen LogP contribution in [0.5, 0.6) is 0 Å². The summed E-state index contributed by atoms with van der Waals surface area (Å²) in [5.74, 6) is 0. The van der Waals surface area contributed by atoms with Gasteiger partial charge < -0.3 is 9.84 Å². The molecule has 2 atom stereocenters. The Morgan fingerprint density at radius 1 is 1.44 bits per heavy atom. The first kappa shape index (κ1) is 12.9. The lowest BCUT2D eigenvalue weighted by Crippen LogP contribution is -2.47. The molecule has 1 amide bonds. The van der Waals surface area contributed by atoms with E-state index in [4.69, 9.17) is 9.84 Å². The molecule has 0 saturated carbocycles. The fourth-order valence-corrected chi connectivity index (χ4v) is 2.44. The van der Waals surface area contributed by atoms with E-state index in [-0.39, 0.29) is 24.8 Å². The predicted octanol–water partition coefficient (Wildman–Crippen LogP) is 2.34. The molecule has 1 N–H and O–H groups in total. The highest BCUT2D eigenvalue weighted by molar-refractivity contribution is 5.69. The van der Waals surface area contributed by atoms with Gasteiger partial charge in [-0.05, 0) is 18.9 Å². The molecular formula is C14H19NO3. The molecule has 4 nitrogen and oxygen atoms in total. The van der Waals surface area contributed by atoms with Crippen LogP contribution in [0.25, 0.3) is 0 Å². The lowest BCUT2D eigenvalue weighted by molar-refractivity contribution is 0.0196. The smallest absolute Gasteiger partial charge is 0.410 e. The highest BCUT2D eigenvalue weighted by Crippen LogP contribution is 2.28. The lowest BCUT2D eigenvalue weighted by atomic mass is 10.0. The molecule has 1 saturated heterocycles. The molecule has 4 heteroatoms. The van der Waals surface area contributed by atoms with Crippen molar-refractivity contribution in [1.82, 2.24) is 4.90 Å². The standard InChI is InChI=1S/C14H19NO3/c1-11(12-5-3-2-4-6-12)15-13(7-9-16)8-10-18-14(15)17/h2-6,11,13,16H,7-10H2,1H3. The summed E-state index contributed by atoms with van der Waals surface area (Å²) in [5.41, 5.74) is 1.08. The number of rotatable bonds is 4. The summed E-state index contributed by atoms with van der Waals surface area (Å²) in [5, 5.41) is 9.10. The van der Waals surface area contributed by atoms with Crippen molar-refractivity contribution in [1.29, 1.82) is 0 Å². The van der Waals surface area contributed by atoms with Gasteiger partial charge in [-0.25, -0.2) is 4.79 Å². The highest BCUT2D eigenvalue weighted by Gasteiger charge is 2.33. The van der Waals surface area contributed by atoms with Gasteiger partial charge in [-0.2, -0.15) is 0 Å². The van der Waals surface area contributed by atoms with Crippen LogP contribution in [0.3, 0.4) is 0 Å². The molecule has 2 unspecified atom stereocenters. The largest absolute Gasteiger partial charge is 0.449 e. The van der Waals surface area contributed by atoms with Crippen LogP contribution in [0.4, 0.5) is 4.79 Å². The molecule has 1 aliphatic rings. The quantitative estimate of drug-likeness (QED) is 0.891. The Morgan fingerprint density at radius 2 is 2.17 bits per heavy atom. The summed E-state index contributed by atoms with van der Waals surface area (Å²) in [6.45, 7) is 2.53. The van der Waals surface area contributed by atoms with Gasteiger partial charge in [0.15, 0.2) is 0 Å². The lowest BCUT2D eigenvalue weighted by Gasteiger charge is -2.39. The summed E-state index contributed by atoms with van der Waals surface area (Å²) in [6, 6.07) is 9.91. The van der Waals surface area contributed by atoms with Crippen LogP contribution in [0.2, 0.25) is 0 Å². The van der Waals surface area contributed by atoms with Crippen molar-refractivity contribution in [3.63, 3.8) is 0 Å². The summed E-state index contributed by atoms with van der Waals surface area (Å²) in [7, 11) is 0. The maximum absolute atomic E-state index is 11.9. The van der Waals surface area contributed by atoms with Crippen molar-refractivity contribution in [2.45, 2.75) is 31.8 Å². The van der Waals surface area contributed by atoms with E-state index in [1.165, 1.54) is 0 Å². The second kappa shape index (κ2) is 5.87. The molecule has 1 fully saturated rings. The molecule has 18 heavy (non-hydrogen) atoms. The minimum absolute atomic E-state index is 0.0319. The number of aliphatic hydroxyl groups excluding tert-OH is 1. The van der Waals surface area contributed by atoms with Crippen LogP contribution in [0.1, 0.15) is 31.4 Å². The van der Waals surface area contributed by atoms with Gasteiger partial charge in [-0.1, -0.05) is 30.3 Å². The number of nitrogens with zero attached hydrogens (tertiary/aromatic N) is 1. The van der Waals surface area contributed by atoms with Crippen LogP contribution in [0, 0.1) is 0 Å². The van der Waals surface area contributed by atoms with Gasteiger partial charge in [-0.15, -0.1) is 0 Å². The summed E-state index contributed by atoms with van der Waals surface area (Å²) >= 11 is 0. The number of hydrogen-bond donors (Lipinski definition) is 1. The van der Waals surface area contributed by atoms with Crippen molar-refractivity contribution >= 4 is 6.09 Å². The highest BCUT2D eigenvalue weighted by atomic mass is 16.6. The Hall–Kier alpha value is -1.55. The molecule has 0 radical (unpaired) electrons. The monoisotopic (exact) mass is 249 g/mol. The molecular weight excluding hydrogens is 230 g/mol. The van der Waals surface area contributed by atoms with E-state index in [9.17, 15) is 4.79 Å².